The fraction of sp³-hybridized carbons (Fsp3) is 0.889. The first-order valence-corrected chi connectivity index (χ1v) is 5.34. The van der Waals surface area contributed by atoms with Gasteiger partial charge < -0.3 is 9.47 Å². The molecule has 0 saturated carbocycles. The summed E-state index contributed by atoms with van der Waals surface area (Å²) < 4.78 is 142. The van der Waals surface area contributed by atoms with E-state index in [-0.39, 0.29) is 0 Å². The molecule has 14 heteroatoms. The van der Waals surface area contributed by atoms with Crippen LogP contribution in [0.5, 0.6) is 0 Å². The van der Waals surface area contributed by atoms with Gasteiger partial charge in [-0.15, -0.1) is 0 Å². The van der Waals surface area contributed by atoms with Crippen molar-refractivity contribution in [3.05, 3.63) is 0 Å². The predicted octanol–water partition coefficient (Wildman–Crippen LogP) is 4.26. The fourth-order valence-corrected chi connectivity index (χ4v) is 1.000. The average Bonchev–Trinajstić information content (AvgIpc) is 2.34. The summed E-state index contributed by atoms with van der Waals surface area (Å²) in [6.07, 6.45) is -14.6. The van der Waals surface area contributed by atoms with Crippen LogP contribution in [-0.2, 0) is 9.47 Å². The molecular weight excluding hydrogens is 365 g/mol. The third-order valence-electron chi connectivity index (χ3n) is 2.17. The normalized spacial score (nSPS) is 14.1. The van der Waals surface area contributed by atoms with E-state index in [9.17, 15) is 53.1 Å². The minimum Gasteiger partial charge on any atom is -0.434 e. The van der Waals surface area contributed by atoms with Gasteiger partial charge in [0, 0.05) is 0 Å². The molecule has 0 aliphatic rings. The fourth-order valence-electron chi connectivity index (χ4n) is 1.000. The van der Waals surface area contributed by atoms with Gasteiger partial charge in [0.25, 0.3) is 6.43 Å². The zero-order chi connectivity index (χ0) is 18.7. The van der Waals surface area contributed by atoms with Crippen molar-refractivity contribution in [3.8, 4) is 0 Å². The number of hydrogen-bond donors (Lipinski definition) is 0. The van der Waals surface area contributed by atoms with Crippen LogP contribution in [0.15, 0.2) is 0 Å². The van der Waals surface area contributed by atoms with E-state index in [1.165, 1.54) is 0 Å². The maximum atomic E-state index is 12.9. The quantitative estimate of drug-likeness (QED) is 0.495. The molecule has 0 aliphatic heterocycles. The van der Waals surface area contributed by atoms with Crippen LogP contribution in [0.1, 0.15) is 6.42 Å². The van der Waals surface area contributed by atoms with E-state index in [4.69, 9.17) is 0 Å². The van der Waals surface area contributed by atoms with Crippen molar-refractivity contribution in [1.82, 2.24) is 0 Å². The smallest absolute Gasteiger partial charge is 0.434 e. The Labute approximate surface area is 120 Å². The Morgan fingerprint density at radius 3 is 1.70 bits per heavy atom. The van der Waals surface area contributed by atoms with Crippen molar-refractivity contribution >= 4 is 6.16 Å². The van der Waals surface area contributed by atoms with Gasteiger partial charge in [-0.1, -0.05) is 0 Å². The average molecular weight is 372 g/mol. The highest BCUT2D eigenvalue weighted by atomic mass is 19.4. The van der Waals surface area contributed by atoms with Crippen LogP contribution in [0.3, 0.4) is 0 Å². The minimum atomic E-state index is -7.06. The molecule has 0 atom stereocenters. The topological polar surface area (TPSA) is 35.5 Å². The van der Waals surface area contributed by atoms with Crippen LogP contribution in [0.2, 0.25) is 0 Å². The minimum absolute atomic E-state index is 1.53. The number of ether oxygens (including phenoxy) is 2. The third kappa shape index (κ3) is 4.99. The molecule has 0 aromatic heterocycles. The molecule has 0 aliphatic carbocycles. The predicted molar refractivity (Wildman–Crippen MR) is 48.8 cm³/mol. The maximum Gasteiger partial charge on any atom is 0.508 e. The van der Waals surface area contributed by atoms with E-state index in [2.05, 4.69) is 9.47 Å². The van der Waals surface area contributed by atoms with Crippen LogP contribution in [-0.4, -0.2) is 49.7 Å². The van der Waals surface area contributed by atoms with Crippen LogP contribution in [0.25, 0.3) is 0 Å². The molecule has 23 heavy (non-hydrogen) atoms. The van der Waals surface area contributed by atoms with E-state index < -0.39 is 56.2 Å². The Morgan fingerprint density at radius 2 is 1.30 bits per heavy atom. The molecule has 0 spiro atoms. The molecule has 0 fully saturated rings. The van der Waals surface area contributed by atoms with Crippen molar-refractivity contribution < 1.29 is 62.6 Å². The van der Waals surface area contributed by atoms with Gasteiger partial charge in [0.05, 0.1) is 6.42 Å². The first kappa shape index (κ1) is 21.5. The molecule has 3 nitrogen and oxygen atoms in total. The summed E-state index contributed by atoms with van der Waals surface area (Å²) in [5.41, 5.74) is 0. The van der Waals surface area contributed by atoms with Crippen molar-refractivity contribution in [1.29, 1.82) is 0 Å². The standard InChI is InChI=1S/C9H7F11O3/c10-4(11)3-23-5(21)22-2-1-6(12,13)7(14,15)8(16,17)9(18,19)20/h4H,1-3H2. The van der Waals surface area contributed by atoms with Crippen LogP contribution in [0.4, 0.5) is 53.1 Å². The molecule has 0 rings (SSSR count). The zero-order valence-corrected chi connectivity index (χ0v) is 10.6. The van der Waals surface area contributed by atoms with Gasteiger partial charge in [-0.25, -0.2) is 13.6 Å². The van der Waals surface area contributed by atoms with Crippen LogP contribution in [0, 0.1) is 0 Å². The van der Waals surface area contributed by atoms with Crippen LogP contribution < -0.4 is 0 Å². The van der Waals surface area contributed by atoms with E-state index in [0.29, 0.717) is 0 Å². The largest absolute Gasteiger partial charge is 0.508 e. The third-order valence-corrected chi connectivity index (χ3v) is 2.17. The van der Waals surface area contributed by atoms with Gasteiger partial charge in [0.2, 0.25) is 0 Å². The summed E-state index contributed by atoms with van der Waals surface area (Å²) >= 11 is 0. The summed E-state index contributed by atoms with van der Waals surface area (Å²) in [6, 6.07) is 0. The highest BCUT2D eigenvalue weighted by Crippen LogP contribution is 2.53. The second-order valence-electron chi connectivity index (χ2n) is 3.90. The van der Waals surface area contributed by atoms with E-state index >= 15 is 0 Å². The van der Waals surface area contributed by atoms with Crippen molar-refractivity contribution in [2.75, 3.05) is 13.2 Å². The number of carbonyl (C=O) groups excluding carboxylic acids is 1. The lowest BCUT2D eigenvalue weighted by molar-refractivity contribution is -0.397. The molecule has 0 bridgehead atoms. The zero-order valence-electron chi connectivity index (χ0n) is 10.6. The molecular formula is C9H7F11O3. The van der Waals surface area contributed by atoms with Gasteiger partial charge >= 0.3 is 30.1 Å². The summed E-state index contributed by atoms with van der Waals surface area (Å²) in [6.45, 7) is -3.31. The number of rotatable bonds is 7. The van der Waals surface area contributed by atoms with Crippen LogP contribution >= 0.6 is 0 Å². The molecule has 0 amide bonds. The molecule has 0 aromatic rings. The van der Waals surface area contributed by atoms with E-state index in [1.807, 2.05) is 0 Å². The maximum absolute atomic E-state index is 12.9. The number of alkyl halides is 11. The van der Waals surface area contributed by atoms with E-state index in [1.54, 1.807) is 0 Å². The second-order valence-corrected chi connectivity index (χ2v) is 3.90. The van der Waals surface area contributed by atoms with Crippen molar-refractivity contribution in [2.45, 2.75) is 36.8 Å². The van der Waals surface area contributed by atoms with Crippen molar-refractivity contribution in [3.63, 3.8) is 0 Å². The molecule has 0 saturated heterocycles. The Bertz CT molecular complexity index is 404. The first-order chi connectivity index (χ1) is 10.1. The molecule has 138 valence electrons. The lowest BCUT2D eigenvalue weighted by atomic mass is 10.0. The lowest BCUT2D eigenvalue weighted by Gasteiger charge is -2.33. The van der Waals surface area contributed by atoms with Gasteiger partial charge in [-0.3, -0.25) is 0 Å². The molecule has 0 aromatic carbocycles. The Hall–Kier alpha value is -1.50. The Morgan fingerprint density at radius 1 is 0.826 bits per heavy atom. The molecule has 0 heterocycles. The highest BCUT2D eigenvalue weighted by molar-refractivity contribution is 5.59. The SMILES string of the molecule is O=C(OCCC(F)(F)C(F)(F)C(F)(F)C(F)(F)F)OCC(F)F. The first-order valence-electron chi connectivity index (χ1n) is 5.34. The number of carbonyl (C=O) groups is 1. The van der Waals surface area contributed by atoms with Gasteiger partial charge in [-0.2, -0.15) is 39.5 Å². The van der Waals surface area contributed by atoms with Gasteiger partial charge in [0.15, 0.2) is 6.61 Å². The van der Waals surface area contributed by atoms with Crippen molar-refractivity contribution in [2.24, 2.45) is 0 Å². The Kier molecular flexibility index (Phi) is 6.49. The van der Waals surface area contributed by atoms with Gasteiger partial charge in [-0.05, 0) is 0 Å². The molecule has 0 radical (unpaired) electrons. The highest BCUT2D eigenvalue weighted by Gasteiger charge is 2.81. The molecule has 0 unspecified atom stereocenters. The summed E-state index contributed by atoms with van der Waals surface area (Å²) in [5.74, 6) is -19.8. The second kappa shape index (κ2) is 6.95. The van der Waals surface area contributed by atoms with Gasteiger partial charge in [0.1, 0.15) is 6.61 Å². The Balaban J connectivity index is 4.77. The number of halogens is 11. The molecule has 0 N–H and O–H groups in total. The summed E-state index contributed by atoms with van der Waals surface area (Å²) in [5, 5.41) is 0. The monoisotopic (exact) mass is 372 g/mol. The van der Waals surface area contributed by atoms with E-state index in [0.717, 1.165) is 0 Å². The number of hydrogen-bond acceptors (Lipinski definition) is 3. The summed E-state index contributed by atoms with van der Waals surface area (Å²) in [4.78, 5) is 10.5. The summed E-state index contributed by atoms with van der Waals surface area (Å²) in [7, 11) is 0. The lowest BCUT2D eigenvalue weighted by Crippen LogP contribution is -2.61.